The molecule has 1 aliphatic rings. The van der Waals surface area contributed by atoms with Crippen molar-refractivity contribution in [2.75, 3.05) is 19.7 Å². The fourth-order valence-corrected chi connectivity index (χ4v) is 3.25. The minimum absolute atomic E-state index is 0.00890. The third-order valence-corrected chi connectivity index (χ3v) is 4.52. The van der Waals surface area contributed by atoms with E-state index in [1.54, 1.807) is 0 Å². The van der Waals surface area contributed by atoms with Gasteiger partial charge in [-0.15, -0.1) is 0 Å². The molecule has 0 N–H and O–H groups in total. The van der Waals surface area contributed by atoms with E-state index in [0.717, 1.165) is 19.5 Å². The Bertz CT molecular complexity index is 274. The molecule has 0 aromatic heterocycles. The van der Waals surface area contributed by atoms with Gasteiger partial charge in [-0.1, -0.05) is 39.0 Å². The molecule has 1 aliphatic heterocycles. The van der Waals surface area contributed by atoms with E-state index in [0.29, 0.717) is 13.0 Å². The number of likely N-dealkylation sites (tertiary alicyclic amines) is 1. The fraction of sp³-hybridized carbons (Fsp3) is 0.941. The van der Waals surface area contributed by atoms with Gasteiger partial charge in [-0.3, -0.25) is 9.69 Å². The third kappa shape index (κ3) is 5.82. The number of hydrogen-bond donors (Lipinski definition) is 0. The van der Waals surface area contributed by atoms with Crippen molar-refractivity contribution in [2.24, 2.45) is 0 Å². The first kappa shape index (κ1) is 17.5. The van der Waals surface area contributed by atoms with Crippen molar-refractivity contribution < 1.29 is 9.53 Å². The van der Waals surface area contributed by atoms with Crippen LogP contribution in [0.15, 0.2) is 0 Å². The Morgan fingerprint density at radius 2 is 1.75 bits per heavy atom. The SMILES string of the molecule is CCCCCCCC(C)(CC(=O)OCC)N1CCCC1. The zero-order valence-corrected chi connectivity index (χ0v) is 13.7. The van der Waals surface area contributed by atoms with Gasteiger partial charge in [-0.25, -0.2) is 0 Å². The second-order valence-electron chi connectivity index (χ2n) is 6.34. The first-order valence-electron chi connectivity index (χ1n) is 8.53. The average molecular weight is 283 g/mol. The lowest BCUT2D eigenvalue weighted by Gasteiger charge is -2.38. The summed E-state index contributed by atoms with van der Waals surface area (Å²) in [6, 6.07) is 0. The van der Waals surface area contributed by atoms with Crippen LogP contribution in [-0.4, -0.2) is 36.1 Å². The average Bonchev–Trinajstić information content (AvgIpc) is 2.93. The fourth-order valence-electron chi connectivity index (χ4n) is 3.25. The summed E-state index contributed by atoms with van der Waals surface area (Å²) in [4.78, 5) is 14.4. The maximum absolute atomic E-state index is 11.9. The molecule has 1 saturated heterocycles. The quantitative estimate of drug-likeness (QED) is 0.445. The van der Waals surface area contributed by atoms with Crippen LogP contribution in [0.4, 0.5) is 0 Å². The Hall–Kier alpha value is -0.570. The van der Waals surface area contributed by atoms with Crippen LogP contribution in [0.5, 0.6) is 0 Å². The highest BCUT2D eigenvalue weighted by molar-refractivity contribution is 5.70. The molecule has 1 unspecified atom stereocenters. The van der Waals surface area contributed by atoms with Gasteiger partial charge in [0.25, 0.3) is 0 Å². The van der Waals surface area contributed by atoms with Crippen molar-refractivity contribution >= 4 is 5.97 Å². The van der Waals surface area contributed by atoms with E-state index in [4.69, 9.17) is 4.74 Å². The Labute approximate surface area is 125 Å². The summed E-state index contributed by atoms with van der Waals surface area (Å²) in [5.74, 6) is -0.0320. The molecule has 0 aromatic rings. The molecular weight excluding hydrogens is 250 g/mol. The lowest BCUT2D eigenvalue weighted by atomic mass is 9.88. The van der Waals surface area contributed by atoms with Crippen LogP contribution >= 0.6 is 0 Å². The molecule has 0 aliphatic carbocycles. The van der Waals surface area contributed by atoms with Gasteiger partial charge in [0, 0.05) is 5.54 Å². The van der Waals surface area contributed by atoms with E-state index in [1.165, 1.54) is 44.9 Å². The molecule has 20 heavy (non-hydrogen) atoms. The summed E-state index contributed by atoms with van der Waals surface area (Å²) >= 11 is 0. The Kier molecular flexibility index (Phi) is 8.20. The van der Waals surface area contributed by atoms with E-state index >= 15 is 0 Å². The Morgan fingerprint density at radius 3 is 2.35 bits per heavy atom. The zero-order valence-electron chi connectivity index (χ0n) is 13.7. The zero-order chi connectivity index (χ0) is 14.8. The summed E-state index contributed by atoms with van der Waals surface area (Å²) in [6.07, 6.45) is 10.7. The van der Waals surface area contributed by atoms with Crippen LogP contribution in [0.1, 0.15) is 78.6 Å². The number of hydrogen-bond acceptors (Lipinski definition) is 3. The number of carbonyl (C=O) groups is 1. The van der Waals surface area contributed by atoms with E-state index in [1.807, 2.05) is 6.92 Å². The lowest BCUT2D eigenvalue weighted by Crippen LogP contribution is -2.46. The lowest BCUT2D eigenvalue weighted by molar-refractivity contribution is -0.146. The van der Waals surface area contributed by atoms with Crippen molar-refractivity contribution in [1.29, 1.82) is 0 Å². The van der Waals surface area contributed by atoms with E-state index in [9.17, 15) is 4.79 Å². The number of ether oxygens (including phenoxy) is 1. The molecule has 0 bridgehead atoms. The monoisotopic (exact) mass is 283 g/mol. The predicted octanol–water partition coefficient (Wildman–Crippen LogP) is 4.15. The highest BCUT2D eigenvalue weighted by Crippen LogP contribution is 2.30. The van der Waals surface area contributed by atoms with Crippen LogP contribution in [0, 0.1) is 0 Å². The third-order valence-electron chi connectivity index (χ3n) is 4.52. The van der Waals surface area contributed by atoms with Gasteiger partial charge in [-0.2, -0.15) is 0 Å². The van der Waals surface area contributed by atoms with Crippen LogP contribution in [0.3, 0.4) is 0 Å². The van der Waals surface area contributed by atoms with Gasteiger partial charge in [0.1, 0.15) is 0 Å². The summed E-state index contributed by atoms with van der Waals surface area (Å²) in [5, 5.41) is 0. The maximum atomic E-state index is 11.9. The molecule has 3 nitrogen and oxygen atoms in total. The van der Waals surface area contributed by atoms with Gasteiger partial charge in [0.15, 0.2) is 0 Å². The molecule has 3 heteroatoms. The molecule has 1 atom stereocenters. The molecule has 1 heterocycles. The maximum Gasteiger partial charge on any atom is 0.307 e. The topological polar surface area (TPSA) is 29.5 Å². The second kappa shape index (κ2) is 9.38. The molecule has 0 saturated carbocycles. The first-order valence-corrected chi connectivity index (χ1v) is 8.53. The van der Waals surface area contributed by atoms with Gasteiger partial charge < -0.3 is 4.74 Å². The van der Waals surface area contributed by atoms with Crippen molar-refractivity contribution in [2.45, 2.75) is 84.1 Å². The highest BCUT2D eigenvalue weighted by atomic mass is 16.5. The Balaban J connectivity index is 2.47. The van der Waals surface area contributed by atoms with Crippen LogP contribution in [-0.2, 0) is 9.53 Å². The van der Waals surface area contributed by atoms with E-state index < -0.39 is 0 Å². The minimum Gasteiger partial charge on any atom is -0.466 e. The van der Waals surface area contributed by atoms with Gasteiger partial charge >= 0.3 is 5.97 Å². The Morgan fingerprint density at radius 1 is 1.10 bits per heavy atom. The van der Waals surface area contributed by atoms with Crippen LogP contribution < -0.4 is 0 Å². The number of carbonyl (C=O) groups excluding carboxylic acids is 1. The second-order valence-corrected chi connectivity index (χ2v) is 6.34. The van der Waals surface area contributed by atoms with E-state index in [2.05, 4.69) is 18.7 Å². The summed E-state index contributed by atoms with van der Waals surface area (Å²) in [7, 11) is 0. The number of unbranched alkanes of at least 4 members (excludes halogenated alkanes) is 4. The molecular formula is C17H33NO2. The number of rotatable bonds is 10. The minimum atomic E-state index is -0.0320. The van der Waals surface area contributed by atoms with Crippen molar-refractivity contribution in [3.05, 3.63) is 0 Å². The number of nitrogens with zero attached hydrogens (tertiary/aromatic N) is 1. The van der Waals surface area contributed by atoms with Gasteiger partial charge in [0.05, 0.1) is 13.0 Å². The molecule has 0 spiro atoms. The van der Waals surface area contributed by atoms with Gasteiger partial charge in [0.2, 0.25) is 0 Å². The van der Waals surface area contributed by atoms with Crippen molar-refractivity contribution in [3.8, 4) is 0 Å². The first-order chi connectivity index (χ1) is 9.62. The predicted molar refractivity (Wildman–Crippen MR) is 83.8 cm³/mol. The summed E-state index contributed by atoms with van der Waals surface area (Å²) < 4.78 is 5.18. The summed E-state index contributed by atoms with van der Waals surface area (Å²) in [5.41, 5.74) is 0.00890. The standard InChI is InChI=1S/C17H33NO2/c1-4-6-7-8-9-12-17(3,15-16(19)20-5-2)18-13-10-11-14-18/h4-15H2,1-3H3. The van der Waals surface area contributed by atoms with E-state index in [-0.39, 0.29) is 11.5 Å². The van der Waals surface area contributed by atoms with Gasteiger partial charge in [-0.05, 0) is 46.2 Å². The van der Waals surface area contributed by atoms with Crippen LogP contribution in [0.25, 0.3) is 0 Å². The largest absolute Gasteiger partial charge is 0.466 e. The number of esters is 1. The molecule has 118 valence electrons. The molecule has 0 radical (unpaired) electrons. The normalized spacial score (nSPS) is 18.9. The smallest absolute Gasteiger partial charge is 0.307 e. The molecule has 1 rings (SSSR count). The molecule has 0 aromatic carbocycles. The molecule has 1 fully saturated rings. The summed E-state index contributed by atoms with van der Waals surface area (Å²) in [6.45, 7) is 9.17. The molecule has 0 amide bonds. The van der Waals surface area contributed by atoms with Crippen LogP contribution in [0.2, 0.25) is 0 Å². The van der Waals surface area contributed by atoms with Crippen molar-refractivity contribution in [1.82, 2.24) is 4.90 Å². The highest BCUT2D eigenvalue weighted by Gasteiger charge is 2.35. The van der Waals surface area contributed by atoms with Crippen molar-refractivity contribution in [3.63, 3.8) is 0 Å².